The van der Waals surface area contributed by atoms with Crippen molar-refractivity contribution in [2.24, 2.45) is 7.05 Å². The van der Waals surface area contributed by atoms with Gasteiger partial charge in [0.05, 0.1) is 5.69 Å². The molecule has 0 N–H and O–H groups in total. The maximum absolute atomic E-state index is 13.0. The van der Waals surface area contributed by atoms with Gasteiger partial charge in [-0.2, -0.15) is 0 Å². The van der Waals surface area contributed by atoms with Crippen LogP contribution in [0, 0.1) is 0 Å². The van der Waals surface area contributed by atoms with Crippen molar-refractivity contribution in [3.05, 3.63) is 65.8 Å². The zero-order valence-corrected chi connectivity index (χ0v) is 17.0. The Morgan fingerprint density at radius 2 is 1.83 bits per heavy atom. The van der Waals surface area contributed by atoms with Crippen LogP contribution in [0.5, 0.6) is 0 Å². The maximum Gasteiger partial charge on any atom is 0.273 e. The summed E-state index contributed by atoms with van der Waals surface area (Å²) in [7, 11) is 2.04. The topological polar surface area (TPSA) is 54.3 Å². The second-order valence-corrected chi connectivity index (χ2v) is 8.01. The lowest BCUT2D eigenvalue weighted by atomic mass is 10.2. The van der Waals surface area contributed by atoms with E-state index in [1.165, 1.54) is 16.7 Å². The Hall–Kier alpha value is -3.19. The Kier molecular flexibility index (Phi) is 4.52. The number of para-hydroxylation sites is 1. The molecule has 0 atom stereocenters. The van der Waals surface area contributed by atoms with Gasteiger partial charge in [0.1, 0.15) is 16.5 Å². The van der Waals surface area contributed by atoms with Crippen molar-refractivity contribution in [1.29, 1.82) is 0 Å². The molecule has 29 heavy (non-hydrogen) atoms. The first-order valence-electron chi connectivity index (χ1n) is 9.66. The lowest BCUT2D eigenvalue weighted by Crippen LogP contribution is -2.49. The van der Waals surface area contributed by atoms with E-state index in [4.69, 9.17) is 0 Å². The van der Waals surface area contributed by atoms with Gasteiger partial charge in [-0.25, -0.2) is 9.97 Å². The molecule has 4 heterocycles. The first-order valence-corrected chi connectivity index (χ1v) is 10.5. The minimum Gasteiger partial charge on any atom is -0.353 e. The fraction of sp³-hybridized carbons (Fsp3) is 0.227. The van der Waals surface area contributed by atoms with Gasteiger partial charge in [-0.3, -0.25) is 4.79 Å². The van der Waals surface area contributed by atoms with E-state index in [2.05, 4.69) is 37.6 Å². The van der Waals surface area contributed by atoms with Crippen LogP contribution in [0.25, 0.3) is 21.6 Å². The minimum absolute atomic E-state index is 0.00642. The number of piperazine rings is 1. The smallest absolute Gasteiger partial charge is 0.273 e. The highest BCUT2D eigenvalue weighted by Crippen LogP contribution is 2.30. The van der Waals surface area contributed by atoms with Crippen LogP contribution in [0.4, 0.5) is 5.82 Å². The predicted octanol–water partition coefficient (Wildman–Crippen LogP) is 3.66. The molecule has 0 saturated carbocycles. The fourth-order valence-corrected chi connectivity index (χ4v) is 4.67. The molecule has 0 radical (unpaired) electrons. The summed E-state index contributed by atoms with van der Waals surface area (Å²) < 4.78 is 2.13. The van der Waals surface area contributed by atoms with E-state index in [0.717, 1.165) is 35.1 Å². The van der Waals surface area contributed by atoms with Crippen LogP contribution in [0.2, 0.25) is 0 Å². The zero-order chi connectivity index (χ0) is 19.8. The number of thiazole rings is 1. The monoisotopic (exact) mass is 403 g/mol. The van der Waals surface area contributed by atoms with Gasteiger partial charge < -0.3 is 14.4 Å². The van der Waals surface area contributed by atoms with Crippen molar-refractivity contribution < 1.29 is 4.79 Å². The molecule has 0 aliphatic carbocycles. The second-order valence-electron chi connectivity index (χ2n) is 7.15. The molecule has 4 aromatic rings. The molecule has 3 aromatic heterocycles. The highest BCUT2D eigenvalue weighted by molar-refractivity contribution is 7.13. The Morgan fingerprint density at radius 1 is 1.03 bits per heavy atom. The summed E-state index contributed by atoms with van der Waals surface area (Å²) in [4.78, 5) is 26.1. The summed E-state index contributed by atoms with van der Waals surface area (Å²) in [6.07, 6.45) is 1.80. The average Bonchev–Trinajstić information content (AvgIpc) is 3.39. The van der Waals surface area contributed by atoms with E-state index < -0.39 is 0 Å². The van der Waals surface area contributed by atoms with Gasteiger partial charge >= 0.3 is 0 Å². The van der Waals surface area contributed by atoms with Crippen LogP contribution < -0.4 is 4.90 Å². The third kappa shape index (κ3) is 3.27. The summed E-state index contributed by atoms with van der Waals surface area (Å²) in [5.41, 5.74) is 2.73. The molecule has 0 bridgehead atoms. The molecule has 1 aliphatic heterocycles. The standard InChI is InChI=1S/C22H21N5OS/c1-25-18-7-3-2-6-16(18)14-19(25)21-24-17(15-29-21)22(28)27-12-10-26(11-13-27)20-8-4-5-9-23-20/h2-9,14-15H,10-13H2,1H3. The summed E-state index contributed by atoms with van der Waals surface area (Å²) >= 11 is 1.52. The molecule has 1 aromatic carbocycles. The number of hydrogen-bond donors (Lipinski definition) is 0. The van der Waals surface area contributed by atoms with Gasteiger partial charge in [0, 0.05) is 55.7 Å². The summed E-state index contributed by atoms with van der Waals surface area (Å²) in [6.45, 7) is 2.92. The zero-order valence-electron chi connectivity index (χ0n) is 16.2. The quantitative estimate of drug-likeness (QED) is 0.524. The molecule has 0 unspecified atom stereocenters. The SMILES string of the molecule is Cn1c(-c2nc(C(=O)N3CCN(c4ccccn4)CC3)cs2)cc2ccccc21. The van der Waals surface area contributed by atoms with Crippen LogP contribution in [0.3, 0.4) is 0 Å². The number of aromatic nitrogens is 3. The average molecular weight is 404 g/mol. The van der Waals surface area contributed by atoms with Crippen molar-refractivity contribution in [1.82, 2.24) is 19.4 Å². The molecule has 5 rings (SSSR count). The lowest BCUT2D eigenvalue weighted by Gasteiger charge is -2.35. The van der Waals surface area contributed by atoms with Gasteiger partial charge in [0.25, 0.3) is 5.91 Å². The molecular weight excluding hydrogens is 382 g/mol. The Morgan fingerprint density at radius 3 is 2.59 bits per heavy atom. The highest BCUT2D eigenvalue weighted by atomic mass is 32.1. The number of benzene rings is 1. The van der Waals surface area contributed by atoms with Crippen LogP contribution in [0.1, 0.15) is 10.5 Å². The molecule has 1 fully saturated rings. The lowest BCUT2D eigenvalue weighted by molar-refractivity contribution is 0.0741. The predicted molar refractivity (Wildman–Crippen MR) is 116 cm³/mol. The Bertz CT molecular complexity index is 1160. The number of carbonyl (C=O) groups is 1. The molecule has 0 spiro atoms. The Labute approximate surface area is 173 Å². The van der Waals surface area contributed by atoms with Crippen molar-refractivity contribution in [3.8, 4) is 10.7 Å². The first-order chi connectivity index (χ1) is 14.2. The summed E-state index contributed by atoms with van der Waals surface area (Å²) in [5, 5.41) is 3.93. The molecule has 1 aliphatic rings. The van der Waals surface area contributed by atoms with Crippen molar-refractivity contribution >= 4 is 34.0 Å². The number of amides is 1. The van der Waals surface area contributed by atoms with E-state index in [1.54, 1.807) is 6.20 Å². The molecule has 6 nitrogen and oxygen atoms in total. The Balaban J connectivity index is 1.32. The van der Waals surface area contributed by atoms with E-state index in [9.17, 15) is 4.79 Å². The minimum atomic E-state index is 0.00642. The van der Waals surface area contributed by atoms with Gasteiger partial charge in [-0.05, 0) is 24.3 Å². The number of aryl methyl sites for hydroxylation is 1. The van der Waals surface area contributed by atoms with Gasteiger partial charge in [-0.1, -0.05) is 24.3 Å². The number of fused-ring (bicyclic) bond motifs is 1. The molecule has 146 valence electrons. The van der Waals surface area contributed by atoms with E-state index >= 15 is 0 Å². The van der Waals surface area contributed by atoms with Crippen molar-refractivity contribution in [2.75, 3.05) is 31.1 Å². The fourth-order valence-electron chi connectivity index (χ4n) is 3.83. The van der Waals surface area contributed by atoms with Crippen molar-refractivity contribution in [3.63, 3.8) is 0 Å². The third-order valence-electron chi connectivity index (χ3n) is 5.43. The second kappa shape index (κ2) is 7.33. The first kappa shape index (κ1) is 17.9. The number of carbonyl (C=O) groups excluding carboxylic acids is 1. The summed E-state index contributed by atoms with van der Waals surface area (Å²) in [6, 6.07) is 16.3. The van der Waals surface area contributed by atoms with Crippen LogP contribution in [-0.2, 0) is 7.05 Å². The largest absolute Gasteiger partial charge is 0.353 e. The maximum atomic E-state index is 13.0. The van der Waals surface area contributed by atoms with Crippen LogP contribution >= 0.6 is 11.3 Å². The van der Waals surface area contributed by atoms with E-state index in [-0.39, 0.29) is 5.91 Å². The van der Waals surface area contributed by atoms with Gasteiger partial charge in [-0.15, -0.1) is 11.3 Å². The number of pyridine rings is 1. The summed E-state index contributed by atoms with van der Waals surface area (Å²) in [5.74, 6) is 0.971. The van der Waals surface area contributed by atoms with Crippen LogP contribution in [0.15, 0.2) is 60.1 Å². The van der Waals surface area contributed by atoms with E-state index in [1.807, 2.05) is 47.7 Å². The van der Waals surface area contributed by atoms with Gasteiger partial charge in [0.2, 0.25) is 0 Å². The number of hydrogen-bond acceptors (Lipinski definition) is 5. The van der Waals surface area contributed by atoms with Crippen LogP contribution in [-0.4, -0.2) is 51.5 Å². The number of anilines is 1. The van der Waals surface area contributed by atoms with Crippen molar-refractivity contribution in [2.45, 2.75) is 0 Å². The molecule has 7 heteroatoms. The van der Waals surface area contributed by atoms with Gasteiger partial charge in [0.15, 0.2) is 0 Å². The van der Waals surface area contributed by atoms with E-state index in [0.29, 0.717) is 18.8 Å². The number of nitrogens with zero attached hydrogens (tertiary/aromatic N) is 5. The highest BCUT2D eigenvalue weighted by Gasteiger charge is 2.25. The third-order valence-corrected chi connectivity index (χ3v) is 6.30. The molecule has 1 saturated heterocycles. The molecule has 1 amide bonds. The molecular formula is C22H21N5OS. The normalized spacial score (nSPS) is 14.5. The number of rotatable bonds is 3.